The fourth-order valence-electron chi connectivity index (χ4n) is 1.21. The molecular formula is C11H10ClN3O2. The SMILES string of the molecule is [N-]=[N+]=NCCC=Cc1ccc(Cl)c(C(=O)O)c1. The van der Waals surface area contributed by atoms with Gasteiger partial charge >= 0.3 is 5.97 Å². The predicted octanol–water partition coefficient (Wildman–Crippen LogP) is 3.75. The Morgan fingerprint density at radius 2 is 2.35 bits per heavy atom. The summed E-state index contributed by atoms with van der Waals surface area (Å²) in [6.07, 6.45) is 4.17. The molecule has 0 fully saturated rings. The van der Waals surface area contributed by atoms with Crippen molar-refractivity contribution in [3.63, 3.8) is 0 Å². The van der Waals surface area contributed by atoms with Crippen LogP contribution in [-0.2, 0) is 0 Å². The molecule has 0 aromatic heterocycles. The van der Waals surface area contributed by atoms with Crippen LogP contribution < -0.4 is 0 Å². The zero-order valence-electron chi connectivity index (χ0n) is 8.88. The number of rotatable bonds is 5. The highest BCUT2D eigenvalue weighted by Gasteiger charge is 2.07. The summed E-state index contributed by atoms with van der Waals surface area (Å²) in [7, 11) is 0. The molecule has 0 spiro atoms. The normalized spacial score (nSPS) is 10.2. The van der Waals surface area contributed by atoms with Crippen molar-refractivity contribution in [3.8, 4) is 0 Å². The second-order valence-corrected chi connectivity index (χ2v) is 3.60. The third-order valence-electron chi connectivity index (χ3n) is 1.99. The zero-order chi connectivity index (χ0) is 12.7. The average molecular weight is 252 g/mol. The molecule has 1 aromatic carbocycles. The van der Waals surface area contributed by atoms with E-state index in [9.17, 15) is 4.79 Å². The molecular weight excluding hydrogens is 242 g/mol. The van der Waals surface area contributed by atoms with Gasteiger partial charge in [-0.15, -0.1) is 0 Å². The molecule has 0 bridgehead atoms. The Kier molecular flexibility index (Phi) is 5.07. The van der Waals surface area contributed by atoms with E-state index in [2.05, 4.69) is 10.0 Å². The van der Waals surface area contributed by atoms with Gasteiger partial charge in [-0.05, 0) is 29.6 Å². The number of carbonyl (C=O) groups is 1. The van der Waals surface area contributed by atoms with E-state index in [1.165, 1.54) is 12.1 Å². The molecule has 0 heterocycles. The molecule has 17 heavy (non-hydrogen) atoms. The Labute approximate surface area is 103 Å². The summed E-state index contributed by atoms with van der Waals surface area (Å²) < 4.78 is 0. The first-order valence-corrected chi connectivity index (χ1v) is 5.23. The number of benzene rings is 1. The Morgan fingerprint density at radius 3 is 3.00 bits per heavy atom. The maximum atomic E-state index is 10.8. The van der Waals surface area contributed by atoms with Gasteiger partial charge in [0, 0.05) is 11.5 Å². The molecule has 0 radical (unpaired) electrons. The molecule has 88 valence electrons. The topological polar surface area (TPSA) is 86.1 Å². The van der Waals surface area contributed by atoms with Crippen molar-refractivity contribution < 1.29 is 9.90 Å². The summed E-state index contributed by atoms with van der Waals surface area (Å²) >= 11 is 5.73. The Balaban J connectivity index is 2.75. The van der Waals surface area contributed by atoms with Gasteiger partial charge in [0.05, 0.1) is 10.6 Å². The van der Waals surface area contributed by atoms with Gasteiger partial charge in [0.15, 0.2) is 0 Å². The predicted molar refractivity (Wildman–Crippen MR) is 66.1 cm³/mol. The fourth-order valence-corrected chi connectivity index (χ4v) is 1.41. The van der Waals surface area contributed by atoms with Crippen LogP contribution in [0.1, 0.15) is 22.3 Å². The lowest BCUT2D eigenvalue weighted by Gasteiger charge is -2.00. The summed E-state index contributed by atoms with van der Waals surface area (Å²) in [6.45, 7) is 0.381. The molecule has 0 atom stereocenters. The summed E-state index contributed by atoms with van der Waals surface area (Å²) in [4.78, 5) is 13.5. The van der Waals surface area contributed by atoms with Crippen molar-refractivity contribution in [2.24, 2.45) is 5.11 Å². The Bertz CT molecular complexity index is 493. The third-order valence-corrected chi connectivity index (χ3v) is 2.32. The lowest BCUT2D eigenvalue weighted by atomic mass is 10.1. The van der Waals surface area contributed by atoms with Gasteiger partial charge in [0.2, 0.25) is 0 Å². The molecule has 1 rings (SSSR count). The van der Waals surface area contributed by atoms with Crippen molar-refractivity contribution in [1.82, 2.24) is 0 Å². The van der Waals surface area contributed by atoms with Crippen LogP contribution in [0.25, 0.3) is 16.5 Å². The molecule has 0 aliphatic heterocycles. The van der Waals surface area contributed by atoms with E-state index in [1.54, 1.807) is 12.1 Å². The van der Waals surface area contributed by atoms with E-state index in [-0.39, 0.29) is 10.6 Å². The van der Waals surface area contributed by atoms with Crippen LogP contribution >= 0.6 is 11.6 Å². The van der Waals surface area contributed by atoms with Crippen LogP contribution in [0.3, 0.4) is 0 Å². The summed E-state index contributed by atoms with van der Waals surface area (Å²) in [5.41, 5.74) is 8.88. The molecule has 5 nitrogen and oxygen atoms in total. The van der Waals surface area contributed by atoms with Gasteiger partial charge in [0.1, 0.15) is 0 Å². The first-order chi connectivity index (χ1) is 8.15. The smallest absolute Gasteiger partial charge is 0.337 e. The van der Waals surface area contributed by atoms with E-state index in [0.717, 1.165) is 5.56 Å². The number of nitrogens with zero attached hydrogens (tertiary/aromatic N) is 3. The van der Waals surface area contributed by atoms with Gasteiger partial charge in [-0.3, -0.25) is 0 Å². The van der Waals surface area contributed by atoms with Gasteiger partial charge in [-0.25, -0.2) is 4.79 Å². The van der Waals surface area contributed by atoms with Crippen molar-refractivity contribution in [2.45, 2.75) is 6.42 Å². The lowest BCUT2D eigenvalue weighted by molar-refractivity contribution is 0.0697. The van der Waals surface area contributed by atoms with Crippen LogP contribution in [0, 0.1) is 0 Å². The average Bonchev–Trinajstić information content (AvgIpc) is 2.30. The van der Waals surface area contributed by atoms with Crippen molar-refractivity contribution in [1.29, 1.82) is 0 Å². The van der Waals surface area contributed by atoms with Crippen molar-refractivity contribution in [2.75, 3.05) is 6.54 Å². The van der Waals surface area contributed by atoms with E-state index in [4.69, 9.17) is 22.2 Å². The minimum absolute atomic E-state index is 0.0730. The minimum Gasteiger partial charge on any atom is -0.478 e. The number of carboxylic acid groups (broad SMARTS) is 1. The summed E-state index contributed by atoms with van der Waals surface area (Å²) in [5.74, 6) is -1.06. The maximum absolute atomic E-state index is 10.8. The highest BCUT2D eigenvalue weighted by molar-refractivity contribution is 6.33. The number of hydrogen-bond acceptors (Lipinski definition) is 2. The van der Waals surface area contributed by atoms with Gasteiger partial charge in [-0.1, -0.05) is 34.9 Å². The minimum atomic E-state index is -1.06. The van der Waals surface area contributed by atoms with Crippen LogP contribution in [-0.4, -0.2) is 17.6 Å². The van der Waals surface area contributed by atoms with Crippen LogP contribution in [0.4, 0.5) is 0 Å². The molecule has 0 saturated heterocycles. The number of carboxylic acids is 1. The molecule has 0 amide bonds. The number of halogens is 1. The van der Waals surface area contributed by atoms with Crippen LogP contribution in [0.15, 0.2) is 29.4 Å². The molecule has 0 aliphatic carbocycles. The maximum Gasteiger partial charge on any atom is 0.337 e. The monoisotopic (exact) mass is 251 g/mol. The second kappa shape index (κ2) is 6.58. The van der Waals surface area contributed by atoms with Gasteiger partial charge < -0.3 is 5.11 Å². The molecule has 1 aromatic rings. The Hall–Kier alpha value is -1.97. The Morgan fingerprint density at radius 1 is 1.59 bits per heavy atom. The van der Waals surface area contributed by atoms with Crippen LogP contribution in [0.2, 0.25) is 5.02 Å². The van der Waals surface area contributed by atoms with Gasteiger partial charge in [-0.2, -0.15) is 0 Å². The van der Waals surface area contributed by atoms with Crippen LogP contribution in [0.5, 0.6) is 0 Å². The van der Waals surface area contributed by atoms with E-state index in [0.29, 0.717) is 13.0 Å². The van der Waals surface area contributed by atoms with Crippen molar-refractivity contribution >= 4 is 23.6 Å². The third kappa shape index (κ3) is 4.18. The van der Waals surface area contributed by atoms with Crippen molar-refractivity contribution in [3.05, 3.63) is 50.9 Å². The molecule has 0 unspecified atom stereocenters. The highest BCUT2D eigenvalue weighted by Crippen LogP contribution is 2.18. The molecule has 6 heteroatoms. The summed E-state index contributed by atoms with van der Waals surface area (Å²) in [6, 6.07) is 4.76. The molecule has 0 saturated carbocycles. The van der Waals surface area contributed by atoms with E-state index < -0.39 is 5.97 Å². The fraction of sp³-hybridized carbons (Fsp3) is 0.182. The second-order valence-electron chi connectivity index (χ2n) is 3.19. The standard InChI is InChI=1S/C11H10ClN3O2/c12-10-5-4-8(7-9(10)11(16)17)3-1-2-6-14-15-13/h1,3-5,7H,2,6H2,(H,16,17). The zero-order valence-corrected chi connectivity index (χ0v) is 9.63. The molecule has 1 N–H and O–H groups in total. The first-order valence-electron chi connectivity index (χ1n) is 4.85. The lowest BCUT2D eigenvalue weighted by Crippen LogP contribution is -1.97. The number of hydrogen-bond donors (Lipinski definition) is 1. The molecule has 0 aliphatic rings. The van der Waals surface area contributed by atoms with Gasteiger partial charge in [0.25, 0.3) is 0 Å². The summed E-state index contributed by atoms with van der Waals surface area (Å²) in [5, 5.41) is 12.5. The largest absolute Gasteiger partial charge is 0.478 e. The highest BCUT2D eigenvalue weighted by atomic mass is 35.5. The van der Waals surface area contributed by atoms with E-state index in [1.807, 2.05) is 6.08 Å². The van der Waals surface area contributed by atoms with E-state index >= 15 is 0 Å². The first kappa shape index (κ1) is 13.1. The number of azide groups is 1. The quantitative estimate of drug-likeness (QED) is 0.374. The number of aromatic carboxylic acids is 1.